The standard InChI is InChI=1S/C13H16BrNO/c1-2-3-4-8-15-9-10-16-13-7-5-6-12(14)11-13/h5-7,11,15H,4,8-10H2,1H3. The van der Waals surface area contributed by atoms with Crippen LogP contribution in [0.3, 0.4) is 0 Å². The van der Waals surface area contributed by atoms with Gasteiger partial charge in [-0.3, -0.25) is 0 Å². The summed E-state index contributed by atoms with van der Waals surface area (Å²) >= 11 is 3.40. The summed E-state index contributed by atoms with van der Waals surface area (Å²) in [6.07, 6.45) is 0.896. The number of hydrogen-bond donors (Lipinski definition) is 1. The number of rotatable bonds is 6. The van der Waals surface area contributed by atoms with Gasteiger partial charge >= 0.3 is 0 Å². The van der Waals surface area contributed by atoms with Crippen molar-refractivity contribution in [3.8, 4) is 17.6 Å². The highest BCUT2D eigenvalue weighted by Crippen LogP contribution is 2.17. The maximum Gasteiger partial charge on any atom is 0.120 e. The third kappa shape index (κ3) is 5.79. The molecule has 0 heterocycles. The number of nitrogens with one attached hydrogen (secondary N) is 1. The van der Waals surface area contributed by atoms with Gasteiger partial charge < -0.3 is 10.1 Å². The first-order chi connectivity index (χ1) is 7.83. The summed E-state index contributed by atoms with van der Waals surface area (Å²) in [5, 5.41) is 3.27. The summed E-state index contributed by atoms with van der Waals surface area (Å²) in [5.74, 6) is 6.76. The highest BCUT2D eigenvalue weighted by molar-refractivity contribution is 9.10. The van der Waals surface area contributed by atoms with Gasteiger partial charge in [0.15, 0.2) is 0 Å². The largest absolute Gasteiger partial charge is 0.492 e. The Labute approximate surface area is 106 Å². The predicted molar refractivity (Wildman–Crippen MR) is 70.6 cm³/mol. The van der Waals surface area contributed by atoms with E-state index in [2.05, 4.69) is 33.1 Å². The second-order valence-corrected chi connectivity index (χ2v) is 4.15. The number of ether oxygens (including phenoxy) is 1. The van der Waals surface area contributed by atoms with Crippen molar-refractivity contribution in [2.75, 3.05) is 19.7 Å². The average Bonchev–Trinajstić information content (AvgIpc) is 2.28. The summed E-state index contributed by atoms with van der Waals surface area (Å²) in [7, 11) is 0. The lowest BCUT2D eigenvalue weighted by Crippen LogP contribution is -2.21. The van der Waals surface area contributed by atoms with Crippen molar-refractivity contribution in [2.24, 2.45) is 0 Å². The molecule has 2 nitrogen and oxygen atoms in total. The van der Waals surface area contributed by atoms with Crippen LogP contribution in [0.2, 0.25) is 0 Å². The normalized spacial score (nSPS) is 9.38. The molecular formula is C13H16BrNO. The average molecular weight is 282 g/mol. The quantitative estimate of drug-likeness (QED) is 0.640. The van der Waals surface area contributed by atoms with Crippen LogP contribution in [0.15, 0.2) is 28.7 Å². The first-order valence-electron chi connectivity index (χ1n) is 5.31. The van der Waals surface area contributed by atoms with Gasteiger partial charge in [0.2, 0.25) is 0 Å². The van der Waals surface area contributed by atoms with Gasteiger partial charge in [-0.05, 0) is 25.1 Å². The first kappa shape index (κ1) is 13.1. The van der Waals surface area contributed by atoms with Gasteiger partial charge in [-0.25, -0.2) is 0 Å². The van der Waals surface area contributed by atoms with E-state index in [0.717, 1.165) is 29.7 Å². The summed E-state index contributed by atoms with van der Waals surface area (Å²) in [5.41, 5.74) is 0. The molecule has 0 fully saturated rings. The number of hydrogen-bond acceptors (Lipinski definition) is 2. The smallest absolute Gasteiger partial charge is 0.120 e. The van der Waals surface area contributed by atoms with Crippen LogP contribution in [0.5, 0.6) is 5.75 Å². The topological polar surface area (TPSA) is 21.3 Å². The predicted octanol–water partition coefficient (Wildman–Crippen LogP) is 2.83. The third-order valence-corrected chi connectivity index (χ3v) is 2.44. The Morgan fingerprint density at radius 2 is 2.25 bits per heavy atom. The first-order valence-corrected chi connectivity index (χ1v) is 6.11. The molecule has 1 rings (SSSR count). The van der Waals surface area contributed by atoms with Crippen LogP contribution < -0.4 is 10.1 Å². The summed E-state index contributed by atoms with van der Waals surface area (Å²) < 4.78 is 6.60. The van der Waals surface area contributed by atoms with E-state index in [1.54, 1.807) is 0 Å². The Morgan fingerprint density at radius 3 is 3.00 bits per heavy atom. The maximum atomic E-state index is 5.56. The molecule has 1 N–H and O–H groups in total. The Morgan fingerprint density at radius 1 is 1.38 bits per heavy atom. The zero-order chi connectivity index (χ0) is 11.6. The Hall–Kier alpha value is -0.980. The van der Waals surface area contributed by atoms with Crippen molar-refractivity contribution in [3.05, 3.63) is 28.7 Å². The SMILES string of the molecule is CC#CCCNCCOc1cccc(Br)c1. The molecule has 0 spiro atoms. The molecule has 0 aromatic heterocycles. The maximum absolute atomic E-state index is 5.56. The van der Waals surface area contributed by atoms with E-state index in [1.165, 1.54) is 0 Å². The monoisotopic (exact) mass is 281 g/mol. The fourth-order valence-electron chi connectivity index (χ4n) is 1.20. The number of halogens is 1. The second kappa shape index (κ2) is 8.20. The lowest BCUT2D eigenvalue weighted by Gasteiger charge is -2.06. The van der Waals surface area contributed by atoms with Crippen LogP contribution >= 0.6 is 15.9 Å². The van der Waals surface area contributed by atoms with Gasteiger partial charge in [-0.15, -0.1) is 11.8 Å². The van der Waals surface area contributed by atoms with Crippen LogP contribution in [-0.2, 0) is 0 Å². The van der Waals surface area contributed by atoms with Gasteiger partial charge in [0.25, 0.3) is 0 Å². The van der Waals surface area contributed by atoms with Crippen molar-refractivity contribution in [1.29, 1.82) is 0 Å². The number of benzene rings is 1. The van der Waals surface area contributed by atoms with E-state index in [0.29, 0.717) is 6.61 Å². The molecule has 0 aliphatic rings. The molecule has 0 aliphatic carbocycles. The van der Waals surface area contributed by atoms with Crippen LogP contribution in [0.25, 0.3) is 0 Å². The molecule has 0 saturated heterocycles. The van der Waals surface area contributed by atoms with Crippen molar-refractivity contribution >= 4 is 15.9 Å². The van der Waals surface area contributed by atoms with Crippen LogP contribution in [0.4, 0.5) is 0 Å². The van der Waals surface area contributed by atoms with Crippen molar-refractivity contribution in [2.45, 2.75) is 13.3 Å². The van der Waals surface area contributed by atoms with Crippen molar-refractivity contribution < 1.29 is 4.74 Å². The summed E-state index contributed by atoms with van der Waals surface area (Å²) in [6.45, 7) is 4.30. The zero-order valence-corrected chi connectivity index (χ0v) is 11.0. The molecule has 3 heteroatoms. The van der Waals surface area contributed by atoms with Crippen molar-refractivity contribution in [1.82, 2.24) is 5.32 Å². The molecule has 0 atom stereocenters. The van der Waals surface area contributed by atoms with E-state index in [1.807, 2.05) is 31.2 Å². The molecule has 0 radical (unpaired) electrons. The molecule has 0 saturated carbocycles. The van der Waals surface area contributed by atoms with Gasteiger partial charge in [0, 0.05) is 24.0 Å². The van der Waals surface area contributed by atoms with Crippen LogP contribution in [0, 0.1) is 11.8 Å². The van der Waals surface area contributed by atoms with Gasteiger partial charge in [-0.1, -0.05) is 22.0 Å². The Kier molecular flexibility index (Phi) is 6.71. The lowest BCUT2D eigenvalue weighted by atomic mass is 10.3. The molecule has 0 bridgehead atoms. The molecule has 0 aliphatic heterocycles. The van der Waals surface area contributed by atoms with E-state index in [-0.39, 0.29) is 0 Å². The lowest BCUT2D eigenvalue weighted by molar-refractivity contribution is 0.314. The minimum Gasteiger partial charge on any atom is -0.492 e. The molecule has 86 valence electrons. The van der Waals surface area contributed by atoms with Crippen molar-refractivity contribution in [3.63, 3.8) is 0 Å². The third-order valence-electron chi connectivity index (χ3n) is 1.95. The van der Waals surface area contributed by atoms with E-state index in [4.69, 9.17) is 4.74 Å². The minimum absolute atomic E-state index is 0.677. The van der Waals surface area contributed by atoms with Gasteiger partial charge in [0.1, 0.15) is 12.4 Å². The molecular weight excluding hydrogens is 266 g/mol. The Bertz CT molecular complexity index is 368. The molecule has 0 unspecified atom stereocenters. The van der Waals surface area contributed by atoms with Crippen LogP contribution in [0.1, 0.15) is 13.3 Å². The summed E-state index contributed by atoms with van der Waals surface area (Å²) in [6, 6.07) is 7.86. The highest BCUT2D eigenvalue weighted by Gasteiger charge is 1.93. The van der Waals surface area contributed by atoms with E-state index in [9.17, 15) is 0 Å². The zero-order valence-electron chi connectivity index (χ0n) is 9.42. The Balaban J connectivity index is 2.08. The fraction of sp³-hybridized carbons (Fsp3) is 0.385. The van der Waals surface area contributed by atoms with Crippen LogP contribution in [-0.4, -0.2) is 19.7 Å². The van der Waals surface area contributed by atoms with E-state index >= 15 is 0 Å². The van der Waals surface area contributed by atoms with Gasteiger partial charge in [-0.2, -0.15) is 0 Å². The molecule has 1 aromatic carbocycles. The van der Waals surface area contributed by atoms with E-state index < -0.39 is 0 Å². The second-order valence-electron chi connectivity index (χ2n) is 3.23. The minimum atomic E-state index is 0.677. The molecule has 16 heavy (non-hydrogen) atoms. The fourth-order valence-corrected chi connectivity index (χ4v) is 1.58. The highest BCUT2D eigenvalue weighted by atomic mass is 79.9. The molecule has 1 aromatic rings. The van der Waals surface area contributed by atoms with Gasteiger partial charge in [0.05, 0.1) is 0 Å². The summed E-state index contributed by atoms with van der Waals surface area (Å²) in [4.78, 5) is 0. The molecule has 0 amide bonds.